The van der Waals surface area contributed by atoms with E-state index >= 15 is 0 Å². The van der Waals surface area contributed by atoms with Crippen LogP contribution in [-0.2, 0) is 6.42 Å². The first-order valence-corrected chi connectivity index (χ1v) is 4.99. The van der Waals surface area contributed by atoms with E-state index in [2.05, 4.69) is 48.3 Å². The van der Waals surface area contributed by atoms with E-state index in [4.69, 9.17) is 0 Å². The number of nitrogens with one attached hydrogen (secondary N) is 1. The zero-order valence-corrected chi connectivity index (χ0v) is 8.93. The molecule has 1 aromatic carbocycles. The van der Waals surface area contributed by atoms with Crippen LogP contribution in [0.5, 0.6) is 0 Å². The minimum atomic E-state index is 0.794. The zero-order chi connectivity index (χ0) is 10.2. The fourth-order valence-electron chi connectivity index (χ4n) is 1.34. The molecule has 1 heteroatoms. The first kappa shape index (κ1) is 10.8. The summed E-state index contributed by atoms with van der Waals surface area (Å²) in [5.41, 5.74) is 2.72. The Morgan fingerprint density at radius 3 is 2.93 bits per heavy atom. The van der Waals surface area contributed by atoms with Gasteiger partial charge in [-0.25, -0.2) is 0 Å². The molecule has 0 saturated carbocycles. The summed E-state index contributed by atoms with van der Waals surface area (Å²) in [5.74, 6) is 5.85. The van der Waals surface area contributed by atoms with Gasteiger partial charge in [-0.2, -0.15) is 0 Å². The van der Waals surface area contributed by atoms with E-state index in [1.165, 1.54) is 11.1 Å². The first-order valence-electron chi connectivity index (χ1n) is 4.99. The highest BCUT2D eigenvalue weighted by Crippen LogP contribution is 2.03. The number of aryl methyl sites for hydroxylation is 1. The van der Waals surface area contributed by atoms with Crippen LogP contribution >= 0.6 is 0 Å². The summed E-state index contributed by atoms with van der Waals surface area (Å²) in [5, 5.41) is 3.28. The van der Waals surface area contributed by atoms with Gasteiger partial charge in [0.15, 0.2) is 0 Å². The second kappa shape index (κ2) is 6.23. The molecular formula is C13H17N. The first-order chi connectivity index (χ1) is 6.83. The van der Waals surface area contributed by atoms with Crippen molar-refractivity contribution >= 4 is 0 Å². The van der Waals surface area contributed by atoms with E-state index in [-0.39, 0.29) is 0 Å². The predicted octanol–water partition coefficient (Wildman–Crippen LogP) is 2.15. The van der Waals surface area contributed by atoms with E-state index in [1.807, 2.05) is 6.92 Å². The molecule has 1 rings (SSSR count). The minimum absolute atomic E-state index is 0.794. The molecule has 0 heterocycles. The Hall–Kier alpha value is -1.26. The molecule has 0 aliphatic carbocycles. The van der Waals surface area contributed by atoms with Crippen LogP contribution in [0.4, 0.5) is 0 Å². The van der Waals surface area contributed by atoms with Crippen LogP contribution in [0.1, 0.15) is 18.1 Å². The van der Waals surface area contributed by atoms with Gasteiger partial charge in [0.1, 0.15) is 0 Å². The molecule has 0 spiro atoms. The number of rotatable bonds is 4. The van der Waals surface area contributed by atoms with Crippen molar-refractivity contribution in [2.75, 3.05) is 13.1 Å². The lowest BCUT2D eigenvalue weighted by Gasteiger charge is -2.02. The molecular weight excluding hydrogens is 170 g/mol. The van der Waals surface area contributed by atoms with E-state index in [0.717, 1.165) is 19.5 Å². The van der Waals surface area contributed by atoms with Crippen molar-refractivity contribution in [2.24, 2.45) is 0 Å². The molecule has 14 heavy (non-hydrogen) atoms. The van der Waals surface area contributed by atoms with Crippen LogP contribution in [0.2, 0.25) is 0 Å². The standard InChI is InChI=1S/C13H17N/c1-3-4-9-14-10-8-13-7-5-6-12(2)11-13/h5-7,11,14H,8-10H2,1-2H3. The molecule has 0 radical (unpaired) electrons. The topological polar surface area (TPSA) is 12.0 Å². The van der Waals surface area contributed by atoms with Gasteiger partial charge in [0.2, 0.25) is 0 Å². The third-order valence-electron chi connectivity index (χ3n) is 2.06. The fraction of sp³-hybridized carbons (Fsp3) is 0.385. The molecule has 0 aromatic heterocycles. The predicted molar refractivity (Wildman–Crippen MR) is 61.2 cm³/mol. The molecule has 0 amide bonds. The Morgan fingerprint density at radius 1 is 1.36 bits per heavy atom. The zero-order valence-electron chi connectivity index (χ0n) is 8.93. The maximum Gasteiger partial charge on any atom is 0.0576 e. The minimum Gasteiger partial charge on any atom is -0.306 e. The molecule has 1 aromatic rings. The molecule has 0 saturated heterocycles. The monoisotopic (exact) mass is 187 g/mol. The maximum atomic E-state index is 3.28. The Kier molecular flexibility index (Phi) is 4.82. The SMILES string of the molecule is CC#CCNCCc1cccc(C)c1. The van der Waals surface area contributed by atoms with Crippen molar-refractivity contribution in [3.05, 3.63) is 35.4 Å². The average molecular weight is 187 g/mol. The molecule has 0 bridgehead atoms. The molecule has 0 unspecified atom stereocenters. The van der Waals surface area contributed by atoms with E-state index in [0.29, 0.717) is 0 Å². The lowest BCUT2D eigenvalue weighted by Crippen LogP contribution is -2.17. The summed E-state index contributed by atoms with van der Waals surface area (Å²) in [7, 11) is 0. The van der Waals surface area contributed by atoms with Gasteiger partial charge in [0.05, 0.1) is 6.54 Å². The summed E-state index contributed by atoms with van der Waals surface area (Å²) < 4.78 is 0. The van der Waals surface area contributed by atoms with Gasteiger partial charge in [-0.15, -0.1) is 5.92 Å². The second-order valence-electron chi connectivity index (χ2n) is 3.34. The van der Waals surface area contributed by atoms with Crippen molar-refractivity contribution in [3.63, 3.8) is 0 Å². The van der Waals surface area contributed by atoms with Crippen molar-refractivity contribution in [3.8, 4) is 11.8 Å². The molecule has 1 nitrogen and oxygen atoms in total. The Balaban J connectivity index is 2.27. The van der Waals surface area contributed by atoms with Gasteiger partial charge in [-0.3, -0.25) is 0 Å². The molecule has 0 fully saturated rings. The van der Waals surface area contributed by atoms with Crippen LogP contribution in [-0.4, -0.2) is 13.1 Å². The highest BCUT2D eigenvalue weighted by Gasteiger charge is 1.91. The van der Waals surface area contributed by atoms with Crippen LogP contribution < -0.4 is 5.32 Å². The molecule has 0 atom stereocenters. The van der Waals surface area contributed by atoms with Gasteiger partial charge in [-0.1, -0.05) is 35.7 Å². The number of hydrogen-bond acceptors (Lipinski definition) is 1. The number of benzene rings is 1. The quantitative estimate of drug-likeness (QED) is 0.562. The second-order valence-corrected chi connectivity index (χ2v) is 3.34. The fourth-order valence-corrected chi connectivity index (χ4v) is 1.34. The van der Waals surface area contributed by atoms with Gasteiger partial charge >= 0.3 is 0 Å². The Labute approximate surface area is 86.5 Å². The summed E-state index contributed by atoms with van der Waals surface area (Å²) in [6, 6.07) is 8.63. The Morgan fingerprint density at radius 2 is 2.21 bits per heavy atom. The highest BCUT2D eigenvalue weighted by atomic mass is 14.8. The van der Waals surface area contributed by atoms with Crippen LogP contribution in [0.3, 0.4) is 0 Å². The summed E-state index contributed by atoms with van der Waals surface area (Å²) in [6.07, 6.45) is 1.08. The highest BCUT2D eigenvalue weighted by molar-refractivity contribution is 5.22. The van der Waals surface area contributed by atoms with E-state index < -0.39 is 0 Å². The van der Waals surface area contributed by atoms with Gasteiger partial charge in [-0.05, 0) is 25.8 Å². The van der Waals surface area contributed by atoms with Crippen LogP contribution in [0.15, 0.2) is 24.3 Å². The molecule has 1 N–H and O–H groups in total. The lowest BCUT2D eigenvalue weighted by atomic mass is 10.1. The van der Waals surface area contributed by atoms with Gasteiger partial charge in [0, 0.05) is 6.54 Å². The van der Waals surface area contributed by atoms with Crippen molar-refractivity contribution < 1.29 is 0 Å². The average Bonchev–Trinajstić information content (AvgIpc) is 2.18. The normalized spacial score (nSPS) is 9.29. The van der Waals surface area contributed by atoms with Crippen molar-refractivity contribution in [2.45, 2.75) is 20.3 Å². The third kappa shape index (κ3) is 4.11. The Bertz CT molecular complexity index is 331. The summed E-state index contributed by atoms with van der Waals surface area (Å²) in [6.45, 7) is 5.78. The van der Waals surface area contributed by atoms with Gasteiger partial charge < -0.3 is 5.32 Å². The third-order valence-corrected chi connectivity index (χ3v) is 2.06. The van der Waals surface area contributed by atoms with Crippen molar-refractivity contribution in [1.29, 1.82) is 0 Å². The van der Waals surface area contributed by atoms with E-state index in [9.17, 15) is 0 Å². The largest absolute Gasteiger partial charge is 0.306 e. The molecule has 0 aliphatic rings. The van der Waals surface area contributed by atoms with Crippen LogP contribution in [0, 0.1) is 18.8 Å². The maximum absolute atomic E-state index is 3.28. The van der Waals surface area contributed by atoms with Crippen LogP contribution in [0.25, 0.3) is 0 Å². The molecule has 0 aliphatic heterocycles. The summed E-state index contributed by atoms with van der Waals surface area (Å²) in [4.78, 5) is 0. The molecule has 74 valence electrons. The number of hydrogen-bond donors (Lipinski definition) is 1. The van der Waals surface area contributed by atoms with Gasteiger partial charge in [0.25, 0.3) is 0 Å². The summed E-state index contributed by atoms with van der Waals surface area (Å²) >= 11 is 0. The van der Waals surface area contributed by atoms with E-state index in [1.54, 1.807) is 0 Å². The lowest BCUT2D eigenvalue weighted by molar-refractivity contribution is 0.752. The van der Waals surface area contributed by atoms with Crippen molar-refractivity contribution in [1.82, 2.24) is 5.32 Å². The smallest absolute Gasteiger partial charge is 0.0576 e.